The monoisotopic (exact) mass is 698 g/mol. The lowest BCUT2D eigenvalue weighted by molar-refractivity contribution is -0.144. The standard InChI is InChI=1S/C34H34O12S2/c1-41-23-6-10-29(11-7-23)47-21-27(45-33(39)16-14-31(35)36)19-43-25-4-3-5-26(18-25)44-20-28(46-34(40)17-15-32(37)38)22-48-30-12-8-24(42-2)9-13-30/h3-18,27-28H,19-22H2,1-2H3,(H,35,36)(H,37,38). The molecule has 0 aliphatic heterocycles. The lowest BCUT2D eigenvalue weighted by Gasteiger charge is -2.19. The van der Waals surface area contributed by atoms with Gasteiger partial charge < -0.3 is 38.6 Å². The van der Waals surface area contributed by atoms with Crippen molar-refractivity contribution < 1.29 is 57.8 Å². The number of rotatable bonds is 20. The van der Waals surface area contributed by atoms with Crippen LogP contribution in [0, 0.1) is 0 Å². The minimum atomic E-state index is -1.28. The third-order valence-corrected chi connectivity index (χ3v) is 8.25. The number of esters is 2. The van der Waals surface area contributed by atoms with Gasteiger partial charge in [0, 0.05) is 51.7 Å². The fourth-order valence-corrected chi connectivity index (χ4v) is 5.41. The van der Waals surface area contributed by atoms with E-state index in [1.807, 2.05) is 24.3 Å². The Hall–Kier alpha value is -5.08. The first kappa shape index (κ1) is 37.4. The molecule has 0 aromatic heterocycles. The Labute approximate surface area is 285 Å². The number of carbonyl (C=O) groups is 4. The molecular weight excluding hydrogens is 664 g/mol. The van der Waals surface area contributed by atoms with E-state index in [-0.39, 0.29) is 13.2 Å². The number of benzene rings is 3. The van der Waals surface area contributed by atoms with Gasteiger partial charge in [0.05, 0.1) is 14.2 Å². The second kappa shape index (κ2) is 20.2. The normalized spacial score (nSPS) is 12.2. The Kier molecular flexibility index (Phi) is 15.7. The van der Waals surface area contributed by atoms with Crippen LogP contribution in [0.3, 0.4) is 0 Å². The largest absolute Gasteiger partial charge is 0.497 e. The van der Waals surface area contributed by atoms with Crippen molar-refractivity contribution in [2.24, 2.45) is 0 Å². The van der Waals surface area contributed by atoms with E-state index in [2.05, 4.69) is 0 Å². The van der Waals surface area contributed by atoms with Crippen molar-refractivity contribution in [3.05, 3.63) is 97.1 Å². The minimum Gasteiger partial charge on any atom is -0.497 e. The van der Waals surface area contributed by atoms with Crippen LogP contribution >= 0.6 is 23.5 Å². The third-order valence-electron chi connectivity index (χ3n) is 5.96. The second-order valence-electron chi connectivity index (χ2n) is 9.53. The summed E-state index contributed by atoms with van der Waals surface area (Å²) in [5.74, 6) is -1.41. The maximum absolute atomic E-state index is 12.2. The summed E-state index contributed by atoms with van der Waals surface area (Å²) in [5.41, 5.74) is 0. The predicted octanol–water partition coefficient (Wildman–Crippen LogP) is 5.15. The molecule has 3 aromatic carbocycles. The van der Waals surface area contributed by atoms with Crippen molar-refractivity contribution in [3.8, 4) is 23.0 Å². The quantitative estimate of drug-likeness (QED) is 0.0904. The Morgan fingerprint density at radius 2 is 1.00 bits per heavy atom. The Morgan fingerprint density at radius 3 is 1.35 bits per heavy atom. The van der Waals surface area contributed by atoms with Gasteiger partial charge in [-0.2, -0.15) is 0 Å². The summed E-state index contributed by atoms with van der Waals surface area (Å²) in [4.78, 5) is 47.9. The SMILES string of the molecule is COc1ccc(SCC(COc2cccc(OCC(CSc3ccc(OC)cc3)OC(=O)C=CC(=O)O)c2)OC(=O)C=CC(=O)O)cc1. The maximum Gasteiger partial charge on any atom is 0.331 e. The first-order valence-corrected chi connectivity index (χ1v) is 16.2. The molecule has 0 radical (unpaired) electrons. The molecule has 48 heavy (non-hydrogen) atoms. The van der Waals surface area contributed by atoms with Crippen LogP contribution in [-0.4, -0.2) is 85.2 Å². The van der Waals surface area contributed by atoms with Gasteiger partial charge in [-0.1, -0.05) is 6.07 Å². The molecule has 0 saturated carbocycles. The molecule has 0 spiro atoms. The highest BCUT2D eigenvalue weighted by Crippen LogP contribution is 2.26. The van der Waals surface area contributed by atoms with E-state index in [1.165, 1.54) is 23.5 Å². The van der Waals surface area contributed by atoms with Gasteiger partial charge in [-0.25, -0.2) is 19.2 Å². The van der Waals surface area contributed by atoms with Crippen molar-refractivity contribution >= 4 is 47.4 Å². The average Bonchev–Trinajstić information content (AvgIpc) is 3.09. The number of ether oxygens (including phenoxy) is 6. The molecule has 0 aliphatic rings. The van der Waals surface area contributed by atoms with E-state index >= 15 is 0 Å². The molecular formula is C34H34O12S2. The fourth-order valence-electron chi connectivity index (χ4n) is 3.67. The third kappa shape index (κ3) is 14.6. The van der Waals surface area contributed by atoms with Crippen molar-refractivity contribution in [2.45, 2.75) is 22.0 Å². The fraction of sp³-hybridized carbons (Fsp3) is 0.235. The molecule has 0 heterocycles. The van der Waals surface area contributed by atoms with Crippen LogP contribution in [0.5, 0.6) is 23.0 Å². The zero-order valence-corrected chi connectivity index (χ0v) is 27.6. The molecule has 2 atom stereocenters. The first-order chi connectivity index (χ1) is 23.1. The molecule has 254 valence electrons. The van der Waals surface area contributed by atoms with E-state index in [1.54, 1.807) is 62.8 Å². The molecule has 0 fully saturated rings. The molecule has 0 amide bonds. The van der Waals surface area contributed by atoms with Crippen LogP contribution < -0.4 is 18.9 Å². The smallest absolute Gasteiger partial charge is 0.331 e. The average molecular weight is 699 g/mol. The van der Waals surface area contributed by atoms with Gasteiger partial charge in [0.1, 0.15) is 48.4 Å². The first-order valence-electron chi connectivity index (χ1n) is 14.3. The maximum atomic E-state index is 12.2. The molecule has 14 heteroatoms. The molecule has 0 saturated heterocycles. The summed E-state index contributed by atoms with van der Waals surface area (Å²) in [6, 6.07) is 21.3. The summed E-state index contributed by atoms with van der Waals surface area (Å²) in [7, 11) is 3.14. The van der Waals surface area contributed by atoms with Crippen LogP contribution in [0.15, 0.2) is 107 Å². The van der Waals surface area contributed by atoms with Gasteiger partial charge >= 0.3 is 23.9 Å². The molecule has 0 bridgehead atoms. The zero-order chi connectivity index (χ0) is 34.7. The van der Waals surface area contributed by atoms with E-state index in [0.29, 0.717) is 46.7 Å². The van der Waals surface area contributed by atoms with Gasteiger partial charge in [-0.05, 0) is 60.7 Å². The molecule has 12 nitrogen and oxygen atoms in total. The topological polar surface area (TPSA) is 164 Å². The number of thioether (sulfide) groups is 2. The number of hydrogen-bond donors (Lipinski definition) is 2. The van der Waals surface area contributed by atoms with Crippen molar-refractivity contribution in [3.63, 3.8) is 0 Å². The van der Waals surface area contributed by atoms with Gasteiger partial charge in [0.2, 0.25) is 0 Å². The van der Waals surface area contributed by atoms with Gasteiger partial charge in [0.15, 0.2) is 0 Å². The summed E-state index contributed by atoms with van der Waals surface area (Å²) in [6.07, 6.45) is 1.56. The molecule has 2 unspecified atom stereocenters. The molecule has 3 rings (SSSR count). The van der Waals surface area contributed by atoms with E-state index in [9.17, 15) is 19.2 Å². The van der Waals surface area contributed by atoms with Gasteiger partial charge in [-0.15, -0.1) is 23.5 Å². The lowest BCUT2D eigenvalue weighted by atomic mass is 10.3. The Bertz CT molecular complexity index is 1440. The van der Waals surface area contributed by atoms with Gasteiger partial charge in [-0.3, -0.25) is 0 Å². The molecule has 2 N–H and O–H groups in total. The van der Waals surface area contributed by atoms with E-state index < -0.39 is 36.1 Å². The van der Waals surface area contributed by atoms with Crippen molar-refractivity contribution in [1.29, 1.82) is 0 Å². The Morgan fingerprint density at radius 1 is 0.604 bits per heavy atom. The highest BCUT2D eigenvalue weighted by atomic mass is 32.2. The number of aliphatic carboxylic acids is 2. The summed E-state index contributed by atoms with van der Waals surface area (Å²) >= 11 is 2.83. The molecule has 0 aliphatic carbocycles. The predicted molar refractivity (Wildman–Crippen MR) is 178 cm³/mol. The highest BCUT2D eigenvalue weighted by Gasteiger charge is 2.18. The Balaban J connectivity index is 1.64. The van der Waals surface area contributed by atoms with E-state index in [4.69, 9.17) is 38.6 Å². The van der Waals surface area contributed by atoms with Crippen LogP contribution in [0.1, 0.15) is 0 Å². The number of hydrogen-bond acceptors (Lipinski definition) is 12. The van der Waals surface area contributed by atoms with Crippen LogP contribution in [0.2, 0.25) is 0 Å². The second-order valence-corrected chi connectivity index (χ2v) is 11.7. The lowest BCUT2D eigenvalue weighted by Crippen LogP contribution is -2.27. The highest BCUT2D eigenvalue weighted by molar-refractivity contribution is 7.99. The number of carbonyl (C=O) groups excluding carboxylic acids is 2. The number of carboxylic acid groups (broad SMARTS) is 2. The summed E-state index contributed by atoms with van der Waals surface area (Å²) in [6.45, 7) is -0.0954. The van der Waals surface area contributed by atoms with E-state index in [0.717, 1.165) is 21.9 Å². The summed E-state index contributed by atoms with van der Waals surface area (Å²) < 4.78 is 33.1. The summed E-state index contributed by atoms with van der Waals surface area (Å²) in [5, 5.41) is 17.7. The number of methoxy groups -OCH3 is 2. The van der Waals surface area contributed by atoms with Crippen molar-refractivity contribution in [2.75, 3.05) is 38.9 Å². The van der Waals surface area contributed by atoms with Crippen LogP contribution in [0.4, 0.5) is 0 Å². The van der Waals surface area contributed by atoms with Gasteiger partial charge in [0.25, 0.3) is 0 Å². The zero-order valence-electron chi connectivity index (χ0n) is 26.0. The van der Waals surface area contributed by atoms with Crippen LogP contribution in [-0.2, 0) is 28.7 Å². The minimum absolute atomic E-state index is 0.0477. The number of carboxylic acids is 2. The van der Waals surface area contributed by atoms with Crippen molar-refractivity contribution in [1.82, 2.24) is 0 Å². The molecule has 3 aromatic rings. The van der Waals surface area contributed by atoms with Crippen LogP contribution in [0.25, 0.3) is 0 Å².